The van der Waals surface area contributed by atoms with Gasteiger partial charge in [0.05, 0.1) is 51.0 Å². The molecular formula is C23H24ClN5O5. The van der Waals surface area contributed by atoms with Crippen molar-refractivity contribution >= 4 is 29.6 Å². The van der Waals surface area contributed by atoms with Gasteiger partial charge in [-0.25, -0.2) is 10.1 Å². The first-order chi connectivity index (χ1) is 16.4. The van der Waals surface area contributed by atoms with Gasteiger partial charge in [-0.3, -0.25) is 9.59 Å². The predicted octanol–water partition coefficient (Wildman–Crippen LogP) is 2.74. The molecule has 3 rings (SSSR count). The normalized spacial score (nSPS) is 10.7. The van der Waals surface area contributed by atoms with E-state index in [0.29, 0.717) is 33.7 Å². The molecule has 2 amide bonds. The first kappa shape index (κ1) is 24.6. The smallest absolute Gasteiger partial charge is 0.259 e. The second-order valence-corrected chi connectivity index (χ2v) is 7.29. The number of halogens is 1. The molecule has 0 aliphatic heterocycles. The summed E-state index contributed by atoms with van der Waals surface area (Å²) in [5.74, 6) is -0.0189. The van der Waals surface area contributed by atoms with Gasteiger partial charge in [-0.1, -0.05) is 29.8 Å². The van der Waals surface area contributed by atoms with Crippen LogP contribution in [0, 0.1) is 6.92 Å². The van der Waals surface area contributed by atoms with Crippen LogP contribution in [-0.2, 0) is 4.79 Å². The first-order valence-corrected chi connectivity index (χ1v) is 10.5. The van der Waals surface area contributed by atoms with Crippen LogP contribution in [0.3, 0.4) is 0 Å². The Hall–Kier alpha value is -4.05. The molecule has 2 aromatic carbocycles. The summed E-state index contributed by atoms with van der Waals surface area (Å²) in [4.78, 5) is 24.6. The van der Waals surface area contributed by atoms with Crippen molar-refractivity contribution in [3.05, 3.63) is 64.4 Å². The average molecular weight is 486 g/mol. The molecule has 0 radical (unpaired) electrons. The van der Waals surface area contributed by atoms with E-state index in [1.165, 1.54) is 39.7 Å². The van der Waals surface area contributed by atoms with Crippen LogP contribution in [0.1, 0.15) is 21.6 Å². The fourth-order valence-electron chi connectivity index (χ4n) is 3.08. The Bertz CT molecular complexity index is 1180. The van der Waals surface area contributed by atoms with E-state index >= 15 is 0 Å². The maximum Gasteiger partial charge on any atom is 0.259 e. The van der Waals surface area contributed by atoms with Gasteiger partial charge in [-0.05, 0) is 31.2 Å². The van der Waals surface area contributed by atoms with Crippen LogP contribution in [0.5, 0.6) is 17.2 Å². The third-order valence-electron chi connectivity index (χ3n) is 4.77. The lowest BCUT2D eigenvalue weighted by Gasteiger charge is -2.14. The lowest BCUT2D eigenvalue weighted by atomic mass is 10.1. The van der Waals surface area contributed by atoms with Crippen LogP contribution in [0.4, 0.5) is 0 Å². The largest absolute Gasteiger partial charge is 0.493 e. The van der Waals surface area contributed by atoms with Crippen LogP contribution in [0.25, 0.3) is 5.69 Å². The fraction of sp³-hybridized carbons (Fsp3) is 0.217. The molecule has 0 unspecified atom stereocenters. The Morgan fingerprint density at radius 1 is 1.09 bits per heavy atom. The number of hydrogen-bond acceptors (Lipinski definition) is 7. The molecule has 0 saturated heterocycles. The highest BCUT2D eigenvalue weighted by atomic mass is 35.5. The number of nitrogens with one attached hydrogen (secondary N) is 2. The number of carbonyl (C=O) groups is 2. The highest BCUT2D eigenvalue weighted by Crippen LogP contribution is 2.38. The van der Waals surface area contributed by atoms with E-state index in [1.807, 2.05) is 30.3 Å². The number of amides is 2. The molecule has 10 nitrogen and oxygen atoms in total. The number of aromatic nitrogens is 2. The van der Waals surface area contributed by atoms with Crippen molar-refractivity contribution in [2.75, 3.05) is 27.9 Å². The van der Waals surface area contributed by atoms with Gasteiger partial charge < -0.3 is 19.5 Å². The van der Waals surface area contributed by atoms with Gasteiger partial charge in [-0.2, -0.15) is 10.2 Å². The van der Waals surface area contributed by atoms with E-state index in [1.54, 1.807) is 11.6 Å². The van der Waals surface area contributed by atoms with Crippen molar-refractivity contribution in [2.24, 2.45) is 5.10 Å². The number of benzene rings is 2. The van der Waals surface area contributed by atoms with Crippen molar-refractivity contribution in [3.8, 4) is 22.9 Å². The number of para-hydroxylation sites is 1. The molecule has 0 bridgehead atoms. The van der Waals surface area contributed by atoms with E-state index in [2.05, 4.69) is 20.9 Å². The SMILES string of the molecule is COc1cc(C(=O)NCC(=O)NN=Cc2c(C)nn(-c3ccccc3)c2Cl)cc(OC)c1OC. The first-order valence-electron chi connectivity index (χ1n) is 10.1. The van der Waals surface area contributed by atoms with Gasteiger partial charge in [0.2, 0.25) is 5.75 Å². The van der Waals surface area contributed by atoms with Crippen molar-refractivity contribution in [2.45, 2.75) is 6.92 Å². The highest BCUT2D eigenvalue weighted by molar-refractivity contribution is 6.32. The van der Waals surface area contributed by atoms with E-state index in [-0.39, 0.29) is 12.1 Å². The summed E-state index contributed by atoms with van der Waals surface area (Å²) in [6.45, 7) is 1.48. The number of aryl methyl sites for hydroxylation is 1. The average Bonchev–Trinajstić information content (AvgIpc) is 3.15. The third-order valence-corrected chi connectivity index (χ3v) is 5.13. The molecular weight excluding hydrogens is 462 g/mol. The highest BCUT2D eigenvalue weighted by Gasteiger charge is 2.17. The van der Waals surface area contributed by atoms with Gasteiger partial charge in [0.25, 0.3) is 11.8 Å². The van der Waals surface area contributed by atoms with Crippen molar-refractivity contribution < 1.29 is 23.8 Å². The summed E-state index contributed by atoms with van der Waals surface area (Å²) in [5, 5.41) is 11.2. The number of rotatable bonds is 9. The summed E-state index contributed by atoms with van der Waals surface area (Å²) >= 11 is 6.43. The molecule has 34 heavy (non-hydrogen) atoms. The molecule has 0 aliphatic carbocycles. The van der Waals surface area contributed by atoms with Gasteiger partial charge >= 0.3 is 0 Å². The molecule has 0 fully saturated rings. The number of carbonyl (C=O) groups excluding carboxylic acids is 2. The molecule has 0 saturated carbocycles. The molecule has 0 aliphatic rings. The summed E-state index contributed by atoms with van der Waals surface area (Å²) < 4.78 is 17.3. The second kappa shape index (κ2) is 11.2. The Morgan fingerprint density at radius 3 is 2.32 bits per heavy atom. The molecule has 0 atom stereocenters. The quantitative estimate of drug-likeness (QED) is 0.355. The fourth-order valence-corrected chi connectivity index (χ4v) is 3.40. The topological polar surface area (TPSA) is 116 Å². The minimum atomic E-state index is -0.527. The van der Waals surface area contributed by atoms with Crippen molar-refractivity contribution in [1.29, 1.82) is 0 Å². The number of hydrazone groups is 1. The second-order valence-electron chi connectivity index (χ2n) is 6.93. The van der Waals surface area contributed by atoms with E-state index in [4.69, 9.17) is 25.8 Å². The van der Waals surface area contributed by atoms with Gasteiger partial charge in [0, 0.05) is 5.56 Å². The zero-order valence-corrected chi connectivity index (χ0v) is 19.8. The van der Waals surface area contributed by atoms with Crippen LogP contribution in [0.15, 0.2) is 47.6 Å². The molecule has 1 aromatic heterocycles. The summed E-state index contributed by atoms with van der Waals surface area (Å²) in [5.41, 5.74) is 4.60. The van der Waals surface area contributed by atoms with Crippen LogP contribution in [0.2, 0.25) is 5.15 Å². The molecule has 1 heterocycles. The minimum absolute atomic E-state index is 0.238. The van der Waals surface area contributed by atoms with E-state index in [0.717, 1.165) is 5.69 Å². The molecule has 11 heteroatoms. The molecule has 2 N–H and O–H groups in total. The standard InChI is InChI=1S/C23H24ClN5O5/c1-14-17(22(24)29(28-14)16-8-6-5-7-9-16)12-26-27-20(30)13-25-23(31)15-10-18(32-2)21(34-4)19(11-15)33-3/h5-12H,13H2,1-4H3,(H,25,31)(H,27,30). The number of methoxy groups -OCH3 is 3. The minimum Gasteiger partial charge on any atom is -0.493 e. The maximum absolute atomic E-state index is 12.5. The number of ether oxygens (including phenoxy) is 3. The van der Waals surface area contributed by atoms with E-state index < -0.39 is 11.8 Å². The van der Waals surface area contributed by atoms with Crippen LogP contribution >= 0.6 is 11.6 Å². The lowest BCUT2D eigenvalue weighted by Crippen LogP contribution is -2.35. The van der Waals surface area contributed by atoms with E-state index in [9.17, 15) is 9.59 Å². The van der Waals surface area contributed by atoms with Gasteiger partial charge in [0.15, 0.2) is 11.5 Å². The predicted molar refractivity (Wildman–Crippen MR) is 127 cm³/mol. The zero-order valence-electron chi connectivity index (χ0n) is 19.1. The monoisotopic (exact) mass is 485 g/mol. The maximum atomic E-state index is 12.5. The summed E-state index contributed by atoms with van der Waals surface area (Å²) in [7, 11) is 4.36. The third kappa shape index (κ3) is 5.46. The zero-order chi connectivity index (χ0) is 24.7. The molecule has 178 valence electrons. The van der Waals surface area contributed by atoms with Crippen molar-refractivity contribution in [3.63, 3.8) is 0 Å². The Kier molecular flexibility index (Phi) is 8.10. The molecule has 3 aromatic rings. The van der Waals surface area contributed by atoms with Gasteiger partial charge in [0.1, 0.15) is 5.15 Å². The lowest BCUT2D eigenvalue weighted by molar-refractivity contribution is -0.120. The number of nitrogens with zero attached hydrogens (tertiary/aromatic N) is 3. The van der Waals surface area contributed by atoms with Gasteiger partial charge in [-0.15, -0.1) is 0 Å². The Morgan fingerprint density at radius 2 is 1.74 bits per heavy atom. The van der Waals surface area contributed by atoms with Crippen molar-refractivity contribution in [1.82, 2.24) is 20.5 Å². The molecule has 0 spiro atoms. The van der Waals surface area contributed by atoms with Crippen LogP contribution < -0.4 is 25.0 Å². The number of hydrogen-bond donors (Lipinski definition) is 2. The van der Waals surface area contributed by atoms with Crippen LogP contribution in [-0.4, -0.2) is 55.7 Å². The Labute approximate surface area is 201 Å². The Balaban J connectivity index is 1.61. The summed E-state index contributed by atoms with van der Waals surface area (Å²) in [6, 6.07) is 12.4. The summed E-state index contributed by atoms with van der Waals surface area (Å²) in [6.07, 6.45) is 1.41.